The number of aromatic nitrogens is 1. The van der Waals surface area contributed by atoms with Gasteiger partial charge in [0.1, 0.15) is 5.84 Å². The minimum atomic E-state index is 0.131. The van der Waals surface area contributed by atoms with E-state index in [2.05, 4.69) is 14.8 Å². The summed E-state index contributed by atoms with van der Waals surface area (Å²) in [5, 5.41) is 7.70. The van der Waals surface area contributed by atoms with E-state index in [-0.39, 0.29) is 5.84 Å². The molecular formula is C16H25N5. The molecule has 0 aromatic carbocycles. The molecule has 5 nitrogen and oxygen atoms in total. The molecule has 3 heterocycles. The zero-order valence-electron chi connectivity index (χ0n) is 12.6. The summed E-state index contributed by atoms with van der Waals surface area (Å²) >= 11 is 0. The van der Waals surface area contributed by atoms with Crippen molar-refractivity contribution in [3.63, 3.8) is 0 Å². The number of amidine groups is 1. The number of nitrogens with zero attached hydrogens (tertiary/aromatic N) is 3. The van der Waals surface area contributed by atoms with Gasteiger partial charge in [0.2, 0.25) is 0 Å². The molecule has 114 valence electrons. The maximum absolute atomic E-state index is 7.70. The summed E-state index contributed by atoms with van der Waals surface area (Å²) in [4.78, 5) is 9.16. The van der Waals surface area contributed by atoms with Crippen molar-refractivity contribution in [3.8, 4) is 0 Å². The number of nitrogens with one attached hydrogen (secondary N) is 1. The lowest BCUT2D eigenvalue weighted by Crippen LogP contribution is -2.39. The van der Waals surface area contributed by atoms with Crippen molar-refractivity contribution in [2.24, 2.45) is 11.7 Å². The van der Waals surface area contributed by atoms with Gasteiger partial charge >= 0.3 is 0 Å². The van der Waals surface area contributed by atoms with Crippen LogP contribution in [0.5, 0.6) is 0 Å². The Morgan fingerprint density at radius 3 is 2.62 bits per heavy atom. The van der Waals surface area contributed by atoms with Crippen LogP contribution in [-0.4, -0.2) is 48.4 Å². The molecule has 0 unspecified atom stereocenters. The van der Waals surface area contributed by atoms with Crippen LogP contribution in [0.25, 0.3) is 0 Å². The molecular weight excluding hydrogens is 262 g/mol. The Morgan fingerprint density at radius 1 is 1.24 bits per heavy atom. The standard InChI is InChI=1S/C16H25N5/c17-16(18)14-3-6-19-11-15(14)21-9-4-13(5-10-21)12-20-7-1-2-8-20/h3,6,11,13H,1-2,4-5,7-10,12H2,(H3,17,18). The van der Waals surface area contributed by atoms with Crippen LogP contribution in [-0.2, 0) is 0 Å². The van der Waals surface area contributed by atoms with Crippen LogP contribution >= 0.6 is 0 Å². The van der Waals surface area contributed by atoms with Gasteiger partial charge in [0.05, 0.1) is 11.9 Å². The summed E-state index contributed by atoms with van der Waals surface area (Å²) in [5.74, 6) is 0.948. The molecule has 0 amide bonds. The SMILES string of the molecule is N=C(N)c1ccncc1N1CCC(CN2CCCC2)CC1. The molecule has 1 aromatic rings. The average molecular weight is 287 g/mol. The van der Waals surface area contributed by atoms with Crippen LogP contribution in [0.2, 0.25) is 0 Å². The second-order valence-electron chi connectivity index (χ2n) is 6.24. The van der Waals surface area contributed by atoms with Crippen molar-refractivity contribution in [2.75, 3.05) is 37.6 Å². The number of nitrogens with two attached hydrogens (primary N) is 1. The number of hydrogen-bond acceptors (Lipinski definition) is 4. The Kier molecular flexibility index (Phi) is 4.39. The molecule has 0 bridgehead atoms. The number of piperidine rings is 1. The molecule has 0 atom stereocenters. The fourth-order valence-electron chi connectivity index (χ4n) is 3.55. The third kappa shape index (κ3) is 3.35. The quantitative estimate of drug-likeness (QED) is 0.653. The van der Waals surface area contributed by atoms with Gasteiger partial charge in [-0.05, 0) is 50.8 Å². The number of pyridine rings is 1. The van der Waals surface area contributed by atoms with Crippen molar-refractivity contribution < 1.29 is 0 Å². The first-order valence-corrected chi connectivity index (χ1v) is 8.00. The fraction of sp³-hybridized carbons (Fsp3) is 0.625. The molecule has 2 fully saturated rings. The molecule has 3 rings (SSSR count). The van der Waals surface area contributed by atoms with Crippen molar-refractivity contribution in [1.29, 1.82) is 5.41 Å². The Hall–Kier alpha value is -1.62. The number of nitrogen functional groups attached to an aromatic ring is 1. The monoisotopic (exact) mass is 287 g/mol. The summed E-state index contributed by atoms with van der Waals surface area (Å²) in [6.07, 6.45) is 8.75. The molecule has 2 aliphatic rings. The molecule has 0 aliphatic carbocycles. The molecule has 2 saturated heterocycles. The highest BCUT2D eigenvalue weighted by Crippen LogP contribution is 2.26. The number of likely N-dealkylation sites (tertiary alicyclic amines) is 1. The number of anilines is 1. The normalized spacial score (nSPS) is 20.9. The predicted octanol–water partition coefficient (Wildman–Crippen LogP) is 1.68. The van der Waals surface area contributed by atoms with Crippen molar-refractivity contribution in [3.05, 3.63) is 24.0 Å². The highest BCUT2D eigenvalue weighted by molar-refractivity contribution is 6.00. The number of hydrogen-bond donors (Lipinski definition) is 2. The minimum absolute atomic E-state index is 0.131. The molecule has 0 spiro atoms. The first-order chi connectivity index (χ1) is 10.2. The smallest absolute Gasteiger partial charge is 0.125 e. The molecule has 1 aromatic heterocycles. The molecule has 5 heteroatoms. The summed E-state index contributed by atoms with van der Waals surface area (Å²) in [5.41, 5.74) is 7.51. The van der Waals surface area contributed by atoms with Crippen LogP contribution in [0.4, 0.5) is 5.69 Å². The van der Waals surface area contributed by atoms with Gasteiger partial charge in [0.25, 0.3) is 0 Å². The molecule has 3 N–H and O–H groups in total. The Bertz CT molecular complexity index is 487. The van der Waals surface area contributed by atoms with E-state index in [1.807, 2.05) is 12.3 Å². The van der Waals surface area contributed by atoms with Gasteiger partial charge in [-0.2, -0.15) is 0 Å². The molecule has 21 heavy (non-hydrogen) atoms. The first-order valence-electron chi connectivity index (χ1n) is 8.00. The summed E-state index contributed by atoms with van der Waals surface area (Å²) in [6.45, 7) is 5.93. The first kappa shape index (κ1) is 14.3. The Balaban J connectivity index is 1.59. The summed E-state index contributed by atoms with van der Waals surface area (Å²) in [6, 6.07) is 1.84. The summed E-state index contributed by atoms with van der Waals surface area (Å²) in [7, 11) is 0. The largest absolute Gasteiger partial charge is 0.384 e. The van der Waals surface area contributed by atoms with Gasteiger partial charge in [0, 0.05) is 31.4 Å². The highest BCUT2D eigenvalue weighted by atomic mass is 15.2. The lowest BCUT2D eigenvalue weighted by atomic mass is 9.95. The number of rotatable bonds is 4. The van der Waals surface area contributed by atoms with E-state index in [0.29, 0.717) is 0 Å². The van der Waals surface area contributed by atoms with Crippen molar-refractivity contribution >= 4 is 11.5 Å². The van der Waals surface area contributed by atoms with Gasteiger partial charge in [0.15, 0.2) is 0 Å². The maximum atomic E-state index is 7.70. The molecule has 2 aliphatic heterocycles. The topological polar surface area (TPSA) is 69.2 Å². The Morgan fingerprint density at radius 2 is 1.95 bits per heavy atom. The van der Waals surface area contributed by atoms with Crippen molar-refractivity contribution in [2.45, 2.75) is 25.7 Å². The minimum Gasteiger partial charge on any atom is -0.384 e. The lowest BCUT2D eigenvalue weighted by Gasteiger charge is -2.35. The van der Waals surface area contributed by atoms with Crippen LogP contribution < -0.4 is 10.6 Å². The Labute approximate surface area is 126 Å². The average Bonchev–Trinajstić information content (AvgIpc) is 3.01. The van der Waals surface area contributed by atoms with Gasteiger partial charge in [-0.1, -0.05) is 0 Å². The van der Waals surface area contributed by atoms with E-state index < -0.39 is 0 Å². The third-order valence-electron chi connectivity index (χ3n) is 4.76. The zero-order chi connectivity index (χ0) is 14.7. The van der Waals surface area contributed by atoms with Gasteiger partial charge in [-0.25, -0.2) is 0 Å². The van der Waals surface area contributed by atoms with Crippen LogP contribution in [0.1, 0.15) is 31.2 Å². The van der Waals surface area contributed by atoms with E-state index in [0.717, 1.165) is 30.3 Å². The second kappa shape index (κ2) is 6.43. The van der Waals surface area contributed by atoms with E-state index in [1.165, 1.54) is 45.3 Å². The van der Waals surface area contributed by atoms with Crippen molar-refractivity contribution in [1.82, 2.24) is 9.88 Å². The maximum Gasteiger partial charge on any atom is 0.125 e. The predicted molar refractivity (Wildman–Crippen MR) is 85.9 cm³/mol. The summed E-state index contributed by atoms with van der Waals surface area (Å²) < 4.78 is 0. The zero-order valence-corrected chi connectivity index (χ0v) is 12.6. The van der Waals surface area contributed by atoms with Gasteiger partial charge in [-0.3, -0.25) is 10.4 Å². The van der Waals surface area contributed by atoms with E-state index in [1.54, 1.807) is 6.20 Å². The van der Waals surface area contributed by atoms with E-state index in [9.17, 15) is 0 Å². The fourth-order valence-corrected chi connectivity index (χ4v) is 3.55. The highest BCUT2D eigenvalue weighted by Gasteiger charge is 2.24. The molecule has 0 radical (unpaired) electrons. The second-order valence-corrected chi connectivity index (χ2v) is 6.24. The lowest BCUT2D eigenvalue weighted by molar-refractivity contribution is 0.249. The molecule has 0 saturated carbocycles. The van der Waals surface area contributed by atoms with Crippen LogP contribution in [0, 0.1) is 11.3 Å². The van der Waals surface area contributed by atoms with E-state index in [4.69, 9.17) is 11.1 Å². The van der Waals surface area contributed by atoms with Gasteiger partial charge < -0.3 is 15.5 Å². The van der Waals surface area contributed by atoms with Gasteiger partial charge in [-0.15, -0.1) is 0 Å². The van der Waals surface area contributed by atoms with Crippen LogP contribution in [0.15, 0.2) is 18.5 Å². The van der Waals surface area contributed by atoms with Crippen LogP contribution in [0.3, 0.4) is 0 Å². The van der Waals surface area contributed by atoms with E-state index >= 15 is 0 Å². The third-order valence-corrected chi connectivity index (χ3v) is 4.76.